The van der Waals surface area contributed by atoms with E-state index >= 15 is 0 Å². The first-order chi connectivity index (χ1) is 10.2. The molecule has 0 spiro atoms. The van der Waals surface area contributed by atoms with Gasteiger partial charge in [-0.2, -0.15) is 0 Å². The molecule has 0 aromatic heterocycles. The van der Waals surface area contributed by atoms with E-state index in [0.717, 1.165) is 29.9 Å². The van der Waals surface area contributed by atoms with Crippen LogP contribution in [0.4, 0.5) is 5.69 Å². The minimum absolute atomic E-state index is 0.751. The molecule has 0 bridgehead atoms. The molecule has 0 unspecified atom stereocenters. The fraction of sp³-hybridized carbons (Fsp3) is 0.167. The lowest BCUT2D eigenvalue weighted by molar-refractivity contribution is -0.131. The Morgan fingerprint density at radius 3 is 2.43 bits per heavy atom. The Morgan fingerprint density at radius 1 is 1.10 bits per heavy atom. The van der Waals surface area contributed by atoms with E-state index in [-0.39, 0.29) is 0 Å². The minimum Gasteiger partial charge on any atom is -0.478 e. The summed E-state index contributed by atoms with van der Waals surface area (Å²) in [5.41, 5.74) is 3.21. The van der Waals surface area contributed by atoms with Crippen LogP contribution in [0.25, 0.3) is 6.08 Å². The number of benzene rings is 2. The summed E-state index contributed by atoms with van der Waals surface area (Å²) in [6.45, 7) is 3.75. The van der Waals surface area contributed by atoms with Gasteiger partial charge in [-0.25, -0.2) is 4.79 Å². The Morgan fingerprint density at radius 2 is 1.76 bits per heavy atom. The van der Waals surface area contributed by atoms with Crippen molar-refractivity contribution in [1.82, 2.24) is 0 Å². The summed E-state index contributed by atoms with van der Waals surface area (Å²) in [7, 11) is 0. The lowest BCUT2D eigenvalue weighted by atomic mass is 10.1. The Kier molecular flexibility index (Phi) is 5.16. The van der Waals surface area contributed by atoms with Gasteiger partial charge in [0.15, 0.2) is 0 Å². The number of nitrogens with zero attached hydrogens (tertiary/aromatic N) is 1. The molecule has 3 nitrogen and oxygen atoms in total. The second-order valence-corrected chi connectivity index (χ2v) is 4.72. The zero-order chi connectivity index (χ0) is 15.1. The second-order valence-electron chi connectivity index (χ2n) is 4.72. The number of hydrogen-bond acceptors (Lipinski definition) is 2. The van der Waals surface area contributed by atoms with E-state index in [9.17, 15) is 4.79 Å². The van der Waals surface area contributed by atoms with Crippen molar-refractivity contribution in [2.45, 2.75) is 13.5 Å². The zero-order valence-corrected chi connectivity index (χ0v) is 12.1. The number of para-hydroxylation sites is 1. The molecule has 0 atom stereocenters. The lowest BCUT2D eigenvalue weighted by Crippen LogP contribution is -2.22. The number of carboxylic acids is 1. The van der Waals surface area contributed by atoms with Crippen molar-refractivity contribution in [3.05, 3.63) is 71.8 Å². The summed E-state index contributed by atoms with van der Waals surface area (Å²) in [5, 5.41) is 8.77. The van der Waals surface area contributed by atoms with Crippen LogP contribution in [0.3, 0.4) is 0 Å². The first kappa shape index (κ1) is 14.9. The third-order valence-corrected chi connectivity index (χ3v) is 3.32. The van der Waals surface area contributed by atoms with Crippen LogP contribution < -0.4 is 4.90 Å². The van der Waals surface area contributed by atoms with Gasteiger partial charge in [-0.3, -0.25) is 0 Å². The normalized spacial score (nSPS) is 10.7. The van der Waals surface area contributed by atoms with Crippen LogP contribution in [0.1, 0.15) is 18.1 Å². The van der Waals surface area contributed by atoms with Gasteiger partial charge in [0.05, 0.1) is 0 Å². The predicted octanol–water partition coefficient (Wildman–Crippen LogP) is 3.81. The first-order valence-corrected chi connectivity index (χ1v) is 6.99. The number of anilines is 1. The highest BCUT2D eigenvalue weighted by molar-refractivity contribution is 5.85. The van der Waals surface area contributed by atoms with Crippen molar-refractivity contribution >= 4 is 17.7 Å². The molecule has 0 aliphatic heterocycles. The van der Waals surface area contributed by atoms with E-state index in [1.54, 1.807) is 6.08 Å². The van der Waals surface area contributed by atoms with E-state index in [2.05, 4.69) is 24.0 Å². The Bertz CT molecular complexity index is 620. The Hall–Kier alpha value is -2.55. The van der Waals surface area contributed by atoms with Crippen molar-refractivity contribution in [1.29, 1.82) is 0 Å². The van der Waals surface area contributed by atoms with Gasteiger partial charge >= 0.3 is 5.97 Å². The van der Waals surface area contributed by atoms with Crippen LogP contribution in [-0.4, -0.2) is 17.6 Å². The molecule has 2 rings (SSSR count). The zero-order valence-electron chi connectivity index (χ0n) is 12.1. The van der Waals surface area contributed by atoms with E-state index in [4.69, 9.17) is 5.11 Å². The molecular formula is C18H19NO2. The molecule has 1 N–H and O–H groups in total. The smallest absolute Gasteiger partial charge is 0.328 e. The van der Waals surface area contributed by atoms with Crippen LogP contribution in [0, 0.1) is 0 Å². The third-order valence-electron chi connectivity index (χ3n) is 3.32. The molecule has 0 saturated carbocycles. The average molecular weight is 281 g/mol. The molecule has 0 fully saturated rings. The van der Waals surface area contributed by atoms with Gasteiger partial charge in [0.25, 0.3) is 0 Å². The SMILES string of the molecule is CCN(Cc1ccccc1C=CC(=O)O)c1ccccc1. The van der Waals surface area contributed by atoms with Gasteiger partial charge in [0.1, 0.15) is 0 Å². The Labute approximate surface area is 125 Å². The number of aliphatic carboxylic acids is 1. The number of hydrogen-bond donors (Lipinski definition) is 1. The summed E-state index contributed by atoms with van der Waals surface area (Å²) in [5.74, 6) is -0.930. The molecule has 3 heteroatoms. The van der Waals surface area contributed by atoms with Gasteiger partial charge in [-0.1, -0.05) is 42.5 Å². The molecule has 2 aromatic carbocycles. The van der Waals surface area contributed by atoms with Gasteiger partial charge in [-0.05, 0) is 36.3 Å². The van der Waals surface area contributed by atoms with Crippen LogP contribution in [0.2, 0.25) is 0 Å². The quantitative estimate of drug-likeness (QED) is 0.818. The third kappa shape index (κ3) is 4.21. The van der Waals surface area contributed by atoms with Crippen molar-refractivity contribution in [2.75, 3.05) is 11.4 Å². The second kappa shape index (κ2) is 7.29. The van der Waals surface area contributed by atoms with Crippen molar-refractivity contribution < 1.29 is 9.90 Å². The van der Waals surface area contributed by atoms with Gasteiger partial charge < -0.3 is 10.0 Å². The van der Waals surface area contributed by atoms with Gasteiger partial charge in [0.2, 0.25) is 0 Å². The molecular weight excluding hydrogens is 262 g/mol. The minimum atomic E-state index is -0.930. The molecule has 0 aliphatic rings. The highest BCUT2D eigenvalue weighted by atomic mass is 16.4. The predicted molar refractivity (Wildman–Crippen MR) is 86.3 cm³/mol. The van der Waals surface area contributed by atoms with Crippen LogP contribution in [-0.2, 0) is 11.3 Å². The molecule has 21 heavy (non-hydrogen) atoms. The van der Waals surface area contributed by atoms with Crippen LogP contribution in [0.15, 0.2) is 60.7 Å². The maximum atomic E-state index is 10.7. The van der Waals surface area contributed by atoms with Crippen LogP contribution >= 0.6 is 0 Å². The fourth-order valence-electron chi connectivity index (χ4n) is 2.23. The van der Waals surface area contributed by atoms with Crippen molar-refractivity contribution in [2.24, 2.45) is 0 Å². The fourth-order valence-corrected chi connectivity index (χ4v) is 2.23. The summed E-state index contributed by atoms with van der Waals surface area (Å²) in [6.07, 6.45) is 2.83. The molecule has 108 valence electrons. The molecule has 0 aliphatic carbocycles. The largest absolute Gasteiger partial charge is 0.478 e. The summed E-state index contributed by atoms with van der Waals surface area (Å²) >= 11 is 0. The number of carbonyl (C=O) groups is 1. The number of rotatable bonds is 6. The molecule has 0 heterocycles. The maximum Gasteiger partial charge on any atom is 0.328 e. The molecule has 0 radical (unpaired) electrons. The standard InChI is InChI=1S/C18H19NO2/c1-2-19(17-10-4-3-5-11-17)14-16-9-7-6-8-15(16)12-13-18(20)21/h3-13H,2,14H2,1H3,(H,20,21). The first-order valence-electron chi connectivity index (χ1n) is 6.99. The maximum absolute atomic E-state index is 10.7. The molecule has 0 amide bonds. The number of carboxylic acid groups (broad SMARTS) is 1. The van der Waals surface area contributed by atoms with Gasteiger partial charge in [0, 0.05) is 24.9 Å². The van der Waals surface area contributed by atoms with E-state index < -0.39 is 5.97 Å². The van der Waals surface area contributed by atoms with Gasteiger partial charge in [-0.15, -0.1) is 0 Å². The van der Waals surface area contributed by atoms with Crippen molar-refractivity contribution in [3.63, 3.8) is 0 Å². The van der Waals surface area contributed by atoms with E-state index in [0.29, 0.717) is 0 Å². The lowest BCUT2D eigenvalue weighted by Gasteiger charge is -2.24. The van der Waals surface area contributed by atoms with E-state index in [1.165, 1.54) is 6.08 Å². The van der Waals surface area contributed by atoms with Crippen molar-refractivity contribution in [3.8, 4) is 0 Å². The molecule has 2 aromatic rings. The molecule has 0 saturated heterocycles. The summed E-state index contributed by atoms with van der Waals surface area (Å²) in [4.78, 5) is 12.9. The highest BCUT2D eigenvalue weighted by Crippen LogP contribution is 2.19. The summed E-state index contributed by atoms with van der Waals surface area (Å²) < 4.78 is 0. The summed E-state index contributed by atoms with van der Waals surface area (Å²) in [6, 6.07) is 18.1. The Balaban J connectivity index is 2.24. The van der Waals surface area contributed by atoms with Crippen LogP contribution in [0.5, 0.6) is 0 Å². The monoisotopic (exact) mass is 281 g/mol. The topological polar surface area (TPSA) is 40.5 Å². The van der Waals surface area contributed by atoms with E-state index in [1.807, 2.05) is 42.5 Å². The highest BCUT2D eigenvalue weighted by Gasteiger charge is 2.07. The average Bonchev–Trinajstić information content (AvgIpc) is 2.52.